The number of thioether (sulfide) groups is 1. The zero-order valence-corrected chi connectivity index (χ0v) is 14.4. The lowest BCUT2D eigenvalue weighted by Crippen LogP contribution is -2.30. The first-order chi connectivity index (χ1) is 11.2. The molecule has 0 aliphatic carbocycles. The van der Waals surface area contributed by atoms with Crippen molar-refractivity contribution in [2.24, 2.45) is 0 Å². The van der Waals surface area contributed by atoms with Crippen LogP contribution in [0.2, 0.25) is 0 Å². The highest BCUT2D eigenvalue weighted by atomic mass is 32.2. The van der Waals surface area contributed by atoms with Crippen molar-refractivity contribution in [2.75, 3.05) is 18.9 Å². The van der Waals surface area contributed by atoms with Gasteiger partial charge < -0.3 is 10.1 Å². The SMILES string of the molecule is CCO[C@@H](CNC(=O)CSc1ccccc1C)c1ccccc1. The van der Waals surface area contributed by atoms with Gasteiger partial charge in [0.2, 0.25) is 5.91 Å². The summed E-state index contributed by atoms with van der Waals surface area (Å²) in [5.74, 6) is 0.442. The molecule has 122 valence electrons. The van der Waals surface area contributed by atoms with Crippen LogP contribution in [0.1, 0.15) is 24.2 Å². The lowest BCUT2D eigenvalue weighted by atomic mass is 10.1. The molecule has 4 heteroatoms. The number of hydrogen-bond donors (Lipinski definition) is 1. The van der Waals surface area contributed by atoms with Crippen molar-refractivity contribution >= 4 is 17.7 Å². The summed E-state index contributed by atoms with van der Waals surface area (Å²) in [6.07, 6.45) is -0.103. The molecule has 0 aliphatic heterocycles. The lowest BCUT2D eigenvalue weighted by Gasteiger charge is -2.18. The van der Waals surface area contributed by atoms with E-state index in [0.29, 0.717) is 18.9 Å². The first-order valence-corrected chi connectivity index (χ1v) is 8.81. The predicted molar refractivity (Wildman–Crippen MR) is 95.7 cm³/mol. The van der Waals surface area contributed by atoms with Crippen LogP contribution < -0.4 is 5.32 Å². The molecule has 0 heterocycles. The Morgan fingerprint density at radius 1 is 1.13 bits per heavy atom. The average molecular weight is 329 g/mol. The van der Waals surface area contributed by atoms with Gasteiger partial charge in [-0.2, -0.15) is 0 Å². The van der Waals surface area contributed by atoms with E-state index < -0.39 is 0 Å². The van der Waals surface area contributed by atoms with Crippen LogP contribution >= 0.6 is 11.8 Å². The Morgan fingerprint density at radius 2 is 1.83 bits per heavy atom. The number of amides is 1. The molecule has 0 spiro atoms. The number of nitrogens with one attached hydrogen (secondary N) is 1. The van der Waals surface area contributed by atoms with E-state index in [-0.39, 0.29) is 12.0 Å². The summed E-state index contributed by atoms with van der Waals surface area (Å²) in [6, 6.07) is 18.1. The van der Waals surface area contributed by atoms with Crippen LogP contribution in [0.3, 0.4) is 0 Å². The fourth-order valence-electron chi connectivity index (χ4n) is 2.26. The maximum absolute atomic E-state index is 12.1. The number of ether oxygens (including phenoxy) is 1. The third-order valence-electron chi connectivity index (χ3n) is 3.48. The van der Waals surface area contributed by atoms with Crippen molar-refractivity contribution in [2.45, 2.75) is 24.8 Å². The largest absolute Gasteiger partial charge is 0.372 e. The first-order valence-electron chi connectivity index (χ1n) is 7.82. The highest BCUT2D eigenvalue weighted by Gasteiger charge is 2.13. The molecule has 0 bridgehead atoms. The van der Waals surface area contributed by atoms with E-state index in [0.717, 1.165) is 10.5 Å². The molecule has 0 fully saturated rings. The number of benzene rings is 2. The van der Waals surface area contributed by atoms with Crippen molar-refractivity contribution in [3.63, 3.8) is 0 Å². The van der Waals surface area contributed by atoms with Crippen LogP contribution in [-0.2, 0) is 9.53 Å². The fraction of sp³-hybridized carbons (Fsp3) is 0.316. The van der Waals surface area contributed by atoms with Crippen LogP contribution in [0.4, 0.5) is 0 Å². The van der Waals surface area contributed by atoms with Gasteiger partial charge in [0.1, 0.15) is 0 Å². The van der Waals surface area contributed by atoms with Gasteiger partial charge in [0, 0.05) is 18.0 Å². The third kappa shape index (κ3) is 5.73. The Hall–Kier alpha value is -1.78. The maximum atomic E-state index is 12.1. The van der Waals surface area contributed by atoms with Gasteiger partial charge in [0.05, 0.1) is 11.9 Å². The third-order valence-corrected chi connectivity index (χ3v) is 4.65. The first kappa shape index (κ1) is 17.6. The van der Waals surface area contributed by atoms with Crippen LogP contribution in [0, 0.1) is 6.92 Å². The van der Waals surface area contributed by atoms with Crippen LogP contribution in [0.15, 0.2) is 59.5 Å². The highest BCUT2D eigenvalue weighted by Crippen LogP contribution is 2.21. The minimum atomic E-state index is -0.103. The number of carbonyl (C=O) groups excluding carboxylic acids is 1. The molecule has 23 heavy (non-hydrogen) atoms. The van der Waals surface area contributed by atoms with Crippen LogP contribution in [0.5, 0.6) is 0 Å². The zero-order valence-electron chi connectivity index (χ0n) is 13.6. The Morgan fingerprint density at radius 3 is 2.52 bits per heavy atom. The second-order valence-electron chi connectivity index (χ2n) is 5.21. The molecule has 0 aliphatic rings. The number of aryl methyl sites for hydroxylation is 1. The quantitative estimate of drug-likeness (QED) is 0.745. The molecule has 1 N–H and O–H groups in total. The molecule has 2 rings (SSSR count). The summed E-state index contributed by atoms with van der Waals surface area (Å²) >= 11 is 1.56. The molecule has 0 unspecified atom stereocenters. The summed E-state index contributed by atoms with van der Waals surface area (Å²) in [7, 11) is 0. The molecule has 0 saturated carbocycles. The molecular formula is C19H23NO2S. The average Bonchev–Trinajstić information content (AvgIpc) is 2.58. The predicted octanol–water partition coefficient (Wildman–Crippen LogP) is 3.98. The van der Waals surface area contributed by atoms with Gasteiger partial charge >= 0.3 is 0 Å². The molecule has 0 saturated heterocycles. The molecule has 2 aromatic carbocycles. The van der Waals surface area contributed by atoms with E-state index in [4.69, 9.17) is 4.74 Å². The minimum absolute atomic E-state index is 0.0267. The summed E-state index contributed by atoms with van der Waals surface area (Å²) in [5, 5.41) is 2.97. The summed E-state index contributed by atoms with van der Waals surface area (Å²) in [5.41, 5.74) is 2.28. The van der Waals surface area contributed by atoms with Crippen molar-refractivity contribution in [1.29, 1.82) is 0 Å². The van der Waals surface area contributed by atoms with Crippen molar-refractivity contribution < 1.29 is 9.53 Å². The van der Waals surface area contributed by atoms with Gasteiger partial charge in [-0.1, -0.05) is 48.5 Å². The maximum Gasteiger partial charge on any atom is 0.230 e. The fourth-order valence-corrected chi connectivity index (χ4v) is 3.12. The van der Waals surface area contributed by atoms with Gasteiger partial charge in [0.25, 0.3) is 0 Å². The molecule has 3 nitrogen and oxygen atoms in total. The lowest BCUT2D eigenvalue weighted by molar-refractivity contribution is -0.119. The number of rotatable bonds is 8. The molecule has 0 aromatic heterocycles. The highest BCUT2D eigenvalue weighted by molar-refractivity contribution is 8.00. The molecule has 2 aromatic rings. The van der Waals surface area contributed by atoms with E-state index in [1.807, 2.05) is 55.5 Å². The second-order valence-corrected chi connectivity index (χ2v) is 6.23. The number of hydrogen-bond acceptors (Lipinski definition) is 3. The Kier molecular flexibility index (Phi) is 7.17. The molecular weight excluding hydrogens is 306 g/mol. The van der Waals surface area contributed by atoms with Crippen LogP contribution in [-0.4, -0.2) is 24.8 Å². The molecule has 0 radical (unpaired) electrons. The van der Waals surface area contributed by atoms with E-state index in [1.54, 1.807) is 11.8 Å². The Labute approximate surface area is 142 Å². The summed E-state index contributed by atoms with van der Waals surface area (Å²) < 4.78 is 5.74. The van der Waals surface area contributed by atoms with Crippen LogP contribution in [0.25, 0.3) is 0 Å². The summed E-state index contributed by atoms with van der Waals surface area (Å²) in [6.45, 7) is 5.13. The standard InChI is InChI=1S/C19H23NO2S/c1-3-22-17(16-10-5-4-6-11-16)13-20-19(21)14-23-18-12-8-7-9-15(18)2/h4-12,17H,3,13-14H2,1-2H3,(H,20,21)/t17-/m0/s1. The zero-order chi connectivity index (χ0) is 16.5. The molecule has 1 atom stereocenters. The monoisotopic (exact) mass is 329 g/mol. The van der Waals surface area contributed by atoms with Crippen molar-refractivity contribution in [3.8, 4) is 0 Å². The smallest absolute Gasteiger partial charge is 0.230 e. The van der Waals surface area contributed by atoms with Gasteiger partial charge in [-0.25, -0.2) is 0 Å². The van der Waals surface area contributed by atoms with Gasteiger partial charge in [-0.05, 0) is 31.0 Å². The number of carbonyl (C=O) groups is 1. The Bertz CT molecular complexity index is 616. The van der Waals surface area contributed by atoms with Gasteiger partial charge in [0.15, 0.2) is 0 Å². The molecule has 1 amide bonds. The van der Waals surface area contributed by atoms with E-state index in [9.17, 15) is 4.79 Å². The topological polar surface area (TPSA) is 38.3 Å². The Balaban J connectivity index is 1.83. The van der Waals surface area contributed by atoms with Gasteiger partial charge in [-0.3, -0.25) is 4.79 Å². The normalized spacial score (nSPS) is 11.9. The second kappa shape index (κ2) is 9.38. The van der Waals surface area contributed by atoms with E-state index in [2.05, 4.69) is 18.3 Å². The van der Waals surface area contributed by atoms with Crippen molar-refractivity contribution in [1.82, 2.24) is 5.32 Å². The minimum Gasteiger partial charge on any atom is -0.372 e. The van der Waals surface area contributed by atoms with E-state index in [1.165, 1.54) is 5.56 Å². The van der Waals surface area contributed by atoms with Crippen molar-refractivity contribution in [3.05, 3.63) is 65.7 Å². The summed E-state index contributed by atoms with van der Waals surface area (Å²) in [4.78, 5) is 13.2. The van der Waals surface area contributed by atoms with E-state index >= 15 is 0 Å². The van der Waals surface area contributed by atoms with Gasteiger partial charge in [-0.15, -0.1) is 11.8 Å².